The fraction of sp³-hybridized carbons (Fsp3) is 0.143. The van der Waals surface area contributed by atoms with Crippen LogP contribution in [0.4, 0.5) is 29.1 Å². The average Bonchev–Trinajstić information content (AvgIpc) is 3.11. The van der Waals surface area contributed by atoms with Gasteiger partial charge in [0, 0.05) is 29.6 Å². The molecule has 1 aliphatic rings. The van der Waals surface area contributed by atoms with Crippen molar-refractivity contribution in [1.82, 2.24) is 4.98 Å². The molecule has 1 atom stereocenters. The van der Waals surface area contributed by atoms with Crippen molar-refractivity contribution in [3.05, 3.63) is 71.7 Å². The first kappa shape index (κ1) is 19.7. The van der Waals surface area contributed by atoms with Gasteiger partial charge in [0.15, 0.2) is 5.78 Å². The molecule has 2 heterocycles. The minimum Gasteiger partial charge on any atom is -0.406 e. The summed E-state index contributed by atoms with van der Waals surface area (Å²) in [5.41, 5.74) is 7.27. The van der Waals surface area contributed by atoms with Gasteiger partial charge >= 0.3 is 6.36 Å². The number of carbonyl (C=O) groups excluding carboxylic acids is 1. The summed E-state index contributed by atoms with van der Waals surface area (Å²) in [6.45, 7) is 0.218. The number of aromatic nitrogens is 1. The van der Waals surface area contributed by atoms with Gasteiger partial charge < -0.3 is 15.8 Å². The summed E-state index contributed by atoms with van der Waals surface area (Å²) in [6.07, 6.45) is -3.33. The van der Waals surface area contributed by atoms with Gasteiger partial charge in [0.1, 0.15) is 17.4 Å². The molecule has 0 fully saturated rings. The number of carbonyl (C=O) groups is 1. The highest BCUT2D eigenvalue weighted by molar-refractivity contribution is 6.03. The lowest BCUT2D eigenvalue weighted by Gasteiger charge is -2.12. The molecule has 3 N–H and O–H groups in total. The fourth-order valence-corrected chi connectivity index (χ4v) is 3.39. The van der Waals surface area contributed by atoms with Crippen molar-refractivity contribution >= 4 is 17.3 Å². The van der Waals surface area contributed by atoms with Crippen molar-refractivity contribution in [1.29, 1.82) is 0 Å². The molecule has 1 aromatic heterocycles. The van der Waals surface area contributed by atoms with E-state index in [1.807, 2.05) is 0 Å². The van der Waals surface area contributed by atoms with E-state index in [9.17, 15) is 22.4 Å². The molecule has 0 radical (unpaired) electrons. The van der Waals surface area contributed by atoms with Crippen molar-refractivity contribution in [2.75, 3.05) is 17.6 Å². The smallest absolute Gasteiger partial charge is 0.406 e. The number of pyridine rings is 1. The predicted octanol–water partition coefficient (Wildman–Crippen LogP) is 4.76. The lowest BCUT2D eigenvalue weighted by Crippen LogP contribution is -2.17. The Balaban J connectivity index is 1.68. The molecule has 3 aromatic rings. The van der Waals surface area contributed by atoms with Crippen molar-refractivity contribution in [3.8, 4) is 16.9 Å². The summed E-state index contributed by atoms with van der Waals surface area (Å²) in [5.74, 6) is -1.75. The maximum Gasteiger partial charge on any atom is 0.573 e. The number of benzene rings is 2. The molecular formula is C21H15F4N3O2. The molecule has 1 unspecified atom stereocenters. The van der Waals surface area contributed by atoms with Gasteiger partial charge in [-0.1, -0.05) is 12.1 Å². The minimum absolute atomic E-state index is 0.124. The second-order valence-electron chi connectivity index (χ2n) is 6.77. The van der Waals surface area contributed by atoms with Crippen molar-refractivity contribution < 1.29 is 27.1 Å². The molecule has 0 spiro atoms. The summed E-state index contributed by atoms with van der Waals surface area (Å²) in [7, 11) is 0. The highest BCUT2D eigenvalue weighted by Crippen LogP contribution is 2.36. The maximum absolute atomic E-state index is 14.2. The van der Waals surface area contributed by atoms with E-state index < -0.39 is 23.9 Å². The first-order chi connectivity index (χ1) is 14.2. The van der Waals surface area contributed by atoms with Crippen LogP contribution in [0.15, 0.2) is 54.7 Å². The minimum atomic E-state index is -4.81. The number of hydrogen-bond donors (Lipinski definition) is 2. The molecule has 0 aliphatic carbocycles. The second kappa shape index (κ2) is 7.33. The van der Waals surface area contributed by atoms with Gasteiger partial charge in [0.25, 0.3) is 0 Å². The summed E-state index contributed by atoms with van der Waals surface area (Å²) in [5, 5.41) is 3.00. The Morgan fingerprint density at radius 1 is 1.13 bits per heavy atom. The van der Waals surface area contributed by atoms with Crippen LogP contribution in [0, 0.1) is 5.82 Å². The summed E-state index contributed by atoms with van der Waals surface area (Å²) < 4.78 is 55.6. The zero-order chi connectivity index (χ0) is 21.5. The largest absolute Gasteiger partial charge is 0.573 e. The normalized spacial score (nSPS) is 15.4. The molecule has 0 saturated heterocycles. The number of hydrogen-bond acceptors (Lipinski definition) is 5. The monoisotopic (exact) mass is 417 g/mol. The quantitative estimate of drug-likeness (QED) is 0.364. The van der Waals surface area contributed by atoms with Crippen LogP contribution in [-0.4, -0.2) is 23.7 Å². The maximum atomic E-state index is 14.2. The second-order valence-corrected chi connectivity index (χ2v) is 6.77. The number of alkyl halides is 3. The third kappa shape index (κ3) is 3.91. The lowest BCUT2D eigenvalue weighted by atomic mass is 9.91. The van der Waals surface area contributed by atoms with Crippen LogP contribution in [0.3, 0.4) is 0 Å². The summed E-state index contributed by atoms with van der Waals surface area (Å²) in [6, 6.07) is 10.9. The number of nitrogens with zero attached hydrogens (tertiary/aromatic N) is 1. The third-order valence-electron chi connectivity index (χ3n) is 4.74. The van der Waals surface area contributed by atoms with E-state index in [1.165, 1.54) is 36.5 Å². The fourth-order valence-electron chi connectivity index (χ4n) is 3.39. The number of rotatable bonds is 4. The first-order valence-electron chi connectivity index (χ1n) is 8.90. The molecule has 2 aromatic carbocycles. The van der Waals surface area contributed by atoms with Crippen molar-refractivity contribution in [2.45, 2.75) is 12.3 Å². The summed E-state index contributed by atoms with van der Waals surface area (Å²) in [4.78, 5) is 17.2. The van der Waals surface area contributed by atoms with Gasteiger partial charge in [-0.25, -0.2) is 9.37 Å². The molecule has 0 bridgehead atoms. The van der Waals surface area contributed by atoms with Crippen LogP contribution in [-0.2, 0) is 0 Å². The van der Waals surface area contributed by atoms with E-state index in [2.05, 4.69) is 15.0 Å². The number of Topliss-reactive ketones (excluding diaryl/α,β-unsaturated/α-hetero) is 1. The van der Waals surface area contributed by atoms with E-state index in [-0.39, 0.29) is 23.5 Å². The lowest BCUT2D eigenvalue weighted by molar-refractivity contribution is -0.274. The van der Waals surface area contributed by atoms with Crippen LogP contribution >= 0.6 is 0 Å². The van der Waals surface area contributed by atoms with Crippen LogP contribution in [0.2, 0.25) is 0 Å². The number of anilines is 2. The average molecular weight is 417 g/mol. The zero-order valence-electron chi connectivity index (χ0n) is 15.3. The van der Waals surface area contributed by atoms with Gasteiger partial charge in [-0.05, 0) is 42.0 Å². The Morgan fingerprint density at radius 2 is 1.93 bits per heavy atom. The van der Waals surface area contributed by atoms with E-state index in [1.54, 1.807) is 12.1 Å². The number of halogens is 4. The van der Waals surface area contributed by atoms with Crippen LogP contribution in [0.5, 0.6) is 5.75 Å². The van der Waals surface area contributed by atoms with Crippen molar-refractivity contribution in [2.24, 2.45) is 0 Å². The van der Waals surface area contributed by atoms with E-state index in [4.69, 9.17) is 5.73 Å². The Hall–Kier alpha value is -3.62. The van der Waals surface area contributed by atoms with Gasteiger partial charge in [0.05, 0.1) is 11.5 Å². The molecule has 30 heavy (non-hydrogen) atoms. The number of nitrogens with one attached hydrogen (secondary N) is 1. The Labute approximate surface area is 168 Å². The summed E-state index contributed by atoms with van der Waals surface area (Å²) >= 11 is 0. The highest BCUT2D eigenvalue weighted by atomic mass is 19.4. The number of ether oxygens (including phenoxy) is 1. The molecule has 0 saturated carbocycles. The Morgan fingerprint density at radius 3 is 2.70 bits per heavy atom. The number of fused-ring (bicyclic) bond motifs is 1. The van der Waals surface area contributed by atoms with Crippen LogP contribution in [0.1, 0.15) is 21.8 Å². The van der Waals surface area contributed by atoms with E-state index in [0.717, 1.165) is 6.07 Å². The topological polar surface area (TPSA) is 77.2 Å². The van der Waals surface area contributed by atoms with Crippen molar-refractivity contribution in [3.63, 3.8) is 0 Å². The number of ketones is 1. The molecular weight excluding hydrogens is 402 g/mol. The Kier molecular flexibility index (Phi) is 4.81. The van der Waals surface area contributed by atoms with Gasteiger partial charge in [-0.3, -0.25) is 4.79 Å². The number of nitrogens with two attached hydrogens (primary N) is 1. The number of nitrogen functional groups attached to an aromatic ring is 1. The Bertz CT molecular complexity index is 1130. The predicted molar refractivity (Wildman–Crippen MR) is 103 cm³/mol. The van der Waals surface area contributed by atoms with Crippen LogP contribution in [0.25, 0.3) is 11.1 Å². The molecule has 154 valence electrons. The van der Waals surface area contributed by atoms with Gasteiger partial charge in [-0.2, -0.15) is 0 Å². The molecule has 1 aliphatic heterocycles. The molecule has 9 heteroatoms. The van der Waals surface area contributed by atoms with E-state index in [0.29, 0.717) is 22.5 Å². The van der Waals surface area contributed by atoms with E-state index >= 15 is 0 Å². The van der Waals surface area contributed by atoms with Gasteiger partial charge in [0.2, 0.25) is 0 Å². The highest BCUT2D eigenvalue weighted by Gasteiger charge is 2.33. The molecule has 5 nitrogen and oxygen atoms in total. The third-order valence-corrected chi connectivity index (χ3v) is 4.74. The SMILES string of the molecule is Nc1ccc(F)c(C(=O)C2CNc3ncc(-c4cccc(OC(F)(F)F)c4)cc32)c1. The molecule has 4 rings (SSSR count). The first-order valence-corrected chi connectivity index (χ1v) is 8.90. The van der Waals surface area contributed by atoms with Crippen LogP contribution < -0.4 is 15.8 Å². The zero-order valence-corrected chi connectivity index (χ0v) is 15.3. The standard InChI is InChI=1S/C21H15F4N3O2/c22-18-5-4-13(26)8-16(18)19(29)17-10-28-20-15(17)7-12(9-27-20)11-2-1-3-14(6-11)30-21(23,24)25/h1-9,17H,10,26H2,(H,27,28). The molecule has 0 amide bonds. The van der Waals surface area contributed by atoms with Gasteiger partial charge in [-0.15, -0.1) is 13.2 Å².